The second-order valence-corrected chi connectivity index (χ2v) is 11.7. The van der Waals surface area contributed by atoms with Crippen molar-refractivity contribution in [1.82, 2.24) is 29.5 Å². The summed E-state index contributed by atoms with van der Waals surface area (Å²) in [5.41, 5.74) is 3.70. The Kier molecular flexibility index (Phi) is 8.90. The molecule has 4 heterocycles. The lowest BCUT2D eigenvalue weighted by Gasteiger charge is -2.32. The Hall–Kier alpha value is -3.04. The van der Waals surface area contributed by atoms with Gasteiger partial charge in [0.1, 0.15) is 22.8 Å². The first-order chi connectivity index (χ1) is 19.9. The molecule has 1 saturated heterocycles. The van der Waals surface area contributed by atoms with E-state index < -0.39 is 18.0 Å². The number of piperazine rings is 1. The highest BCUT2D eigenvalue weighted by atomic mass is 35.5. The number of nitrogens with zero attached hydrogens (tertiary/aromatic N) is 6. The van der Waals surface area contributed by atoms with Crippen molar-refractivity contribution in [3.05, 3.63) is 51.8 Å². The molecule has 0 bridgehead atoms. The first-order valence-electron chi connectivity index (χ1n) is 12.9. The number of aromatic nitrogens is 4. The molecular formula is C26H25Cl2F4N7O2S. The Labute approximate surface area is 251 Å². The highest BCUT2D eigenvalue weighted by molar-refractivity contribution is 7.22. The van der Waals surface area contributed by atoms with Gasteiger partial charge in [0.05, 0.1) is 33.4 Å². The summed E-state index contributed by atoms with van der Waals surface area (Å²) in [6.45, 7) is 6.31. The summed E-state index contributed by atoms with van der Waals surface area (Å²) in [6.07, 6.45) is 0.273. The zero-order valence-electron chi connectivity index (χ0n) is 22.2. The van der Waals surface area contributed by atoms with Gasteiger partial charge >= 0.3 is 12.1 Å². The minimum absolute atomic E-state index is 0.174. The molecule has 9 nitrogen and oxygen atoms in total. The molecule has 224 valence electrons. The van der Waals surface area contributed by atoms with Crippen LogP contribution in [0.5, 0.6) is 0 Å². The molecule has 0 radical (unpaired) electrons. The zero-order valence-corrected chi connectivity index (χ0v) is 24.5. The third kappa shape index (κ3) is 6.62. The van der Waals surface area contributed by atoms with E-state index in [4.69, 9.17) is 38.2 Å². The van der Waals surface area contributed by atoms with Crippen LogP contribution in [0, 0.1) is 5.82 Å². The van der Waals surface area contributed by atoms with E-state index in [0.717, 1.165) is 68.0 Å². The predicted octanol–water partition coefficient (Wildman–Crippen LogP) is 5.72. The molecule has 4 aromatic rings. The van der Waals surface area contributed by atoms with Gasteiger partial charge in [-0.3, -0.25) is 9.58 Å². The third-order valence-electron chi connectivity index (χ3n) is 7.03. The fraction of sp³-hybridized carbons (Fsp3) is 0.385. The number of likely N-dealkylation sites (N-methyl/N-ethyl adjacent to an activating group) is 1. The molecular weight excluding hydrogens is 621 g/mol. The fourth-order valence-electron chi connectivity index (χ4n) is 4.80. The van der Waals surface area contributed by atoms with Gasteiger partial charge in [0.15, 0.2) is 0 Å². The number of aliphatic carboxylic acids is 1. The lowest BCUT2D eigenvalue weighted by Crippen LogP contribution is -2.45. The van der Waals surface area contributed by atoms with Crippen LogP contribution in [0.15, 0.2) is 24.7 Å². The molecule has 2 aliphatic rings. The first-order valence-corrected chi connectivity index (χ1v) is 14.4. The van der Waals surface area contributed by atoms with E-state index in [0.29, 0.717) is 5.82 Å². The van der Waals surface area contributed by atoms with Crippen LogP contribution in [0.4, 0.5) is 29.1 Å². The molecule has 1 aliphatic carbocycles. The van der Waals surface area contributed by atoms with Crippen LogP contribution in [0.25, 0.3) is 20.7 Å². The molecule has 0 unspecified atom stereocenters. The maximum atomic E-state index is 14.5. The van der Waals surface area contributed by atoms with E-state index in [1.54, 1.807) is 11.3 Å². The average molecular weight is 646 g/mol. The van der Waals surface area contributed by atoms with Crippen LogP contribution in [0.2, 0.25) is 10.0 Å². The highest BCUT2D eigenvalue weighted by Crippen LogP contribution is 2.45. The van der Waals surface area contributed by atoms with E-state index in [-0.39, 0.29) is 15.7 Å². The van der Waals surface area contributed by atoms with Crippen LogP contribution in [-0.4, -0.2) is 86.6 Å². The Morgan fingerprint density at radius 2 is 1.79 bits per heavy atom. The number of thiophene rings is 1. The number of hydrogen-bond acceptors (Lipinski definition) is 8. The van der Waals surface area contributed by atoms with Gasteiger partial charge in [-0.2, -0.15) is 18.3 Å². The number of anilines is 2. The number of rotatable bonds is 5. The molecule has 3 aromatic heterocycles. The van der Waals surface area contributed by atoms with E-state index in [1.807, 2.05) is 0 Å². The normalized spacial score (nSPS) is 15.6. The minimum Gasteiger partial charge on any atom is -0.475 e. The first kappa shape index (κ1) is 30.4. The van der Waals surface area contributed by atoms with Gasteiger partial charge in [-0.25, -0.2) is 19.2 Å². The smallest absolute Gasteiger partial charge is 0.475 e. The van der Waals surface area contributed by atoms with E-state index >= 15 is 0 Å². The van der Waals surface area contributed by atoms with Crippen LogP contribution in [0.1, 0.15) is 11.3 Å². The molecule has 42 heavy (non-hydrogen) atoms. The molecule has 6 rings (SSSR count). The van der Waals surface area contributed by atoms with Crippen molar-refractivity contribution in [3.8, 4) is 10.4 Å². The Morgan fingerprint density at radius 1 is 1.10 bits per heavy atom. The summed E-state index contributed by atoms with van der Waals surface area (Å²) in [5.74, 6) is -2.68. The van der Waals surface area contributed by atoms with Crippen molar-refractivity contribution >= 4 is 62.2 Å². The van der Waals surface area contributed by atoms with Crippen molar-refractivity contribution in [2.45, 2.75) is 25.6 Å². The quantitative estimate of drug-likeness (QED) is 0.210. The number of benzene rings is 1. The predicted molar refractivity (Wildman–Crippen MR) is 153 cm³/mol. The number of carboxylic acid groups (broad SMARTS) is 1. The summed E-state index contributed by atoms with van der Waals surface area (Å²) in [4.78, 5) is 24.8. The Balaban J connectivity index is 0.000000451. The molecule has 16 heteroatoms. The second kappa shape index (κ2) is 12.3. The molecule has 0 saturated carbocycles. The molecule has 0 spiro atoms. The standard InChI is InChI=1S/C24H24Cl2FN7S.C2HF3O2/c1-32-4-6-33(7-5-32)8-9-34-12-15-19(31-34)3-2-14-21-23(28-13-29-24(21)35-22(14)15)30-20-11-17(26)16(25)10-18(20)27;3-2(4,5)1(6)7/h10-13H,2-9H2,1H3,(H,28,29,30);(H,6,7). The maximum Gasteiger partial charge on any atom is 0.490 e. The molecule has 0 amide bonds. The average Bonchev–Trinajstić information content (AvgIpc) is 3.53. The van der Waals surface area contributed by atoms with Crippen LogP contribution >= 0.6 is 34.5 Å². The summed E-state index contributed by atoms with van der Waals surface area (Å²) in [7, 11) is 2.17. The summed E-state index contributed by atoms with van der Waals surface area (Å²) < 4.78 is 48.4. The van der Waals surface area contributed by atoms with Crippen LogP contribution in [-0.2, 0) is 24.2 Å². The van der Waals surface area contributed by atoms with Gasteiger partial charge < -0.3 is 15.3 Å². The molecule has 0 atom stereocenters. The number of fused-ring (bicyclic) bond motifs is 5. The van der Waals surface area contributed by atoms with Gasteiger partial charge in [-0.05, 0) is 37.6 Å². The van der Waals surface area contributed by atoms with Gasteiger partial charge in [0, 0.05) is 49.4 Å². The van der Waals surface area contributed by atoms with Crippen molar-refractivity contribution in [2.75, 3.05) is 45.1 Å². The lowest BCUT2D eigenvalue weighted by atomic mass is 9.95. The van der Waals surface area contributed by atoms with Gasteiger partial charge in [-0.1, -0.05) is 23.2 Å². The van der Waals surface area contributed by atoms with Crippen molar-refractivity contribution in [3.63, 3.8) is 0 Å². The number of halogens is 6. The fourth-order valence-corrected chi connectivity index (χ4v) is 6.33. The maximum absolute atomic E-state index is 14.5. The van der Waals surface area contributed by atoms with E-state index in [9.17, 15) is 17.6 Å². The third-order valence-corrected chi connectivity index (χ3v) is 8.92. The topological polar surface area (TPSA) is 99.4 Å². The lowest BCUT2D eigenvalue weighted by molar-refractivity contribution is -0.192. The Morgan fingerprint density at radius 3 is 2.48 bits per heavy atom. The SMILES string of the molecule is CN1CCN(CCn2cc3c(n2)CCc2c-3sc3ncnc(Nc4cc(Cl)c(Cl)cc4F)c23)CC1.O=C(O)C(F)(F)F. The van der Waals surface area contributed by atoms with E-state index in [2.05, 4.69) is 43.0 Å². The largest absolute Gasteiger partial charge is 0.490 e. The van der Waals surface area contributed by atoms with Crippen LogP contribution < -0.4 is 5.32 Å². The van der Waals surface area contributed by atoms with Gasteiger partial charge in [0.25, 0.3) is 0 Å². The number of alkyl halides is 3. The summed E-state index contributed by atoms with van der Waals surface area (Å²) in [5, 5.41) is 16.5. The number of nitrogens with one attached hydrogen (secondary N) is 1. The molecule has 1 aromatic carbocycles. The number of hydrogen-bond donors (Lipinski definition) is 2. The van der Waals surface area contributed by atoms with Gasteiger partial charge in [0.2, 0.25) is 0 Å². The molecule has 2 N–H and O–H groups in total. The van der Waals surface area contributed by atoms with Crippen molar-refractivity contribution in [1.29, 1.82) is 0 Å². The van der Waals surface area contributed by atoms with Crippen molar-refractivity contribution < 1.29 is 27.5 Å². The molecule has 1 aliphatic heterocycles. The van der Waals surface area contributed by atoms with Crippen molar-refractivity contribution in [2.24, 2.45) is 0 Å². The number of carbonyl (C=O) groups is 1. The monoisotopic (exact) mass is 645 g/mol. The molecule has 1 fully saturated rings. The number of aryl methyl sites for hydroxylation is 2. The minimum atomic E-state index is -5.08. The van der Waals surface area contributed by atoms with Gasteiger partial charge in [-0.15, -0.1) is 11.3 Å². The van der Waals surface area contributed by atoms with E-state index in [1.165, 1.54) is 34.5 Å². The second-order valence-electron chi connectivity index (χ2n) is 9.88. The number of carboxylic acids is 1. The van der Waals surface area contributed by atoms with Crippen LogP contribution in [0.3, 0.4) is 0 Å². The summed E-state index contributed by atoms with van der Waals surface area (Å²) >= 11 is 13.7. The zero-order chi connectivity index (χ0) is 30.2. The Bertz CT molecular complexity index is 1620. The summed E-state index contributed by atoms with van der Waals surface area (Å²) in [6, 6.07) is 2.69. The highest BCUT2D eigenvalue weighted by Gasteiger charge is 2.38.